The minimum Gasteiger partial charge on any atom is -0.399 e. The molecule has 0 aromatic heterocycles. The number of thioether (sulfide) groups is 1. The molecule has 1 nitrogen and oxygen atoms in total. The van der Waals surface area contributed by atoms with Crippen molar-refractivity contribution in [3.63, 3.8) is 0 Å². The number of benzene rings is 1. The number of halogens is 1. The lowest BCUT2D eigenvalue weighted by Crippen LogP contribution is -1.86. The van der Waals surface area contributed by atoms with Gasteiger partial charge in [0, 0.05) is 15.1 Å². The van der Waals surface area contributed by atoms with Crippen molar-refractivity contribution in [3.8, 4) is 0 Å². The quantitative estimate of drug-likeness (QED) is 0.390. The van der Waals surface area contributed by atoms with Gasteiger partial charge >= 0.3 is 0 Å². The van der Waals surface area contributed by atoms with E-state index in [0.29, 0.717) is 0 Å². The predicted molar refractivity (Wildman–Crippen MR) is 82.7 cm³/mol. The van der Waals surface area contributed by atoms with Crippen molar-refractivity contribution in [2.24, 2.45) is 0 Å². The van der Waals surface area contributed by atoms with Crippen molar-refractivity contribution >= 4 is 33.4 Å². The lowest BCUT2D eigenvalue weighted by atomic mass is 10.1. The third-order valence-corrected chi connectivity index (χ3v) is 4.79. The van der Waals surface area contributed by atoms with Gasteiger partial charge in [0.2, 0.25) is 0 Å². The third-order valence-electron chi connectivity index (χ3n) is 2.71. The van der Waals surface area contributed by atoms with E-state index in [9.17, 15) is 0 Å². The largest absolute Gasteiger partial charge is 0.399 e. The van der Waals surface area contributed by atoms with Crippen molar-refractivity contribution in [1.82, 2.24) is 0 Å². The third kappa shape index (κ3) is 6.37. The Hall–Kier alpha value is -0.150. The molecule has 1 rings (SSSR count). The van der Waals surface area contributed by atoms with Gasteiger partial charge in [0.1, 0.15) is 0 Å². The van der Waals surface area contributed by atoms with Crippen LogP contribution in [0.5, 0.6) is 0 Å². The second kappa shape index (κ2) is 8.87. The maximum Gasteiger partial charge on any atom is 0.0331 e. The highest BCUT2D eigenvalue weighted by molar-refractivity contribution is 9.10. The molecule has 0 unspecified atom stereocenters. The fraction of sp³-hybridized carbons (Fsp3) is 0.571. The molecule has 0 bridgehead atoms. The van der Waals surface area contributed by atoms with Gasteiger partial charge in [-0.1, -0.05) is 39.0 Å². The van der Waals surface area contributed by atoms with E-state index in [2.05, 4.69) is 28.9 Å². The summed E-state index contributed by atoms with van der Waals surface area (Å²) < 4.78 is 1.12. The number of rotatable bonds is 8. The lowest BCUT2D eigenvalue weighted by molar-refractivity contribution is 0.627. The Balaban J connectivity index is 2.14. The van der Waals surface area contributed by atoms with E-state index in [0.717, 1.165) is 10.2 Å². The van der Waals surface area contributed by atoms with Crippen LogP contribution in [0.1, 0.15) is 45.4 Å². The monoisotopic (exact) mass is 315 g/mol. The first kappa shape index (κ1) is 14.9. The summed E-state index contributed by atoms with van der Waals surface area (Å²) in [6.07, 6.45) is 8.17. The number of hydrogen-bond acceptors (Lipinski definition) is 2. The Kier molecular flexibility index (Phi) is 7.78. The first-order valence-corrected chi connectivity index (χ1v) is 8.19. The topological polar surface area (TPSA) is 26.0 Å². The van der Waals surface area contributed by atoms with Crippen molar-refractivity contribution in [2.75, 3.05) is 11.5 Å². The van der Waals surface area contributed by atoms with Crippen LogP contribution in [0, 0.1) is 0 Å². The van der Waals surface area contributed by atoms with Crippen LogP contribution in [0.4, 0.5) is 5.69 Å². The molecular weight excluding hydrogens is 294 g/mol. The van der Waals surface area contributed by atoms with E-state index in [-0.39, 0.29) is 0 Å². The van der Waals surface area contributed by atoms with Crippen molar-refractivity contribution < 1.29 is 0 Å². The molecular formula is C14H22BrNS. The number of anilines is 1. The summed E-state index contributed by atoms with van der Waals surface area (Å²) in [6.45, 7) is 2.26. The average molecular weight is 316 g/mol. The standard InChI is InChI=1S/C14H22BrNS/c1-2-3-4-5-6-7-10-17-14-9-8-12(16)11-13(14)15/h8-9,11H,2-7,10,16H2,1H3. The van der Waals surface area contributed by atoms with Crippen molar-refractivity contribution in [1.29, 1.82) is 0 Å². The van der Waals surface area contributed by atoms with Gasteiger partial charge < -0.3 is 5.73 Å². The Labute approximate surface area is 118 Å². The summed E-state index contributed by atoms with van der Waals surface area (Å²) in [5.41, 5.74) is 6.53. The van der Waals surface area contributed by atoms with Crippen LogP contribution in [0.15, 0.2) is 27.6 Å². The van der Waals surface area contributed by atoms with Crippen LogP contribution < -0.4 is 5.73 Å². The van der Waals surface area contributed by atoms with Crippen LogP contribution in [0.2, 0.25) is 0 Å². The molecule has 0 saturated heterocycles. The van der Waals surface area contributed by atoms with Crippen LogP contribution in [-0.4, -0.2) is 5.75 Å². The van der Waals surface area contributed by atoms with Gasteiger partial charge in [-0.15, -0.1) is 11.8 Å². The molecule has 0 heterocycles. The Morgan fingerprint density at radius 2 is 1.82 bits per heavy atom. The minimum absolute atomic E-state index is 0.820. The van der Waals surface area contributed by atoms with E-state index >= 15 is 0 Å². The van der Waals surface area contributed by atoms with Crippen LogP contribution in [0.3, 0.4) is 0 Å². The number of hydrogen-bond donors (Lipinski definition) is 1. The molecule has 96 valence electrons. The van der Waals surface area contributed by atoms with E-state index in [4.69, 9.17) is 5.73 Å². The van der Waals surface area contributed by atoms with Gasteiger partial charge in [-0.05, 0) is 46.3 Å². The van der Waals surface area contributed by atoms with E-state index in [1.807, 2.05) is 23.9 Å². The molecule has 0 aliphatic carbocycles. The summed E-state index contributed by atoms with van der Waals surface area (Å²) in [6, 6.07) is 6.04. The maximum absolute atomic E-state index is 5.71. The first-order chi connectivity index (χ1) is 8.24. The SMILES string of the molecule is CCCCCCCCSc1ccc(N)cc1Br. The molecule has 0 aliphatic rings. The summed E-state index contributed by atoms with van der Waals surface area (Å²) >= 11 is 5.47. The van der Waals surface area contributed by atoms with Crippen LogP contribution in [-0.2, 0) is 0 Å². The zero-order valence-electron chi connectivity index (χ0n) is 10.5. The summed E-state index contributed by atoms with van der Waals surface area (Å²) in [7, 11) is 0. The Morgan fingerprint density at radius 1 is 1.12 bits per heavy atom. The summed E-state index contributed by atoms with van der Waals surface area (Å²) in [5.74, 6) is 1.20. The zero-order chi connectivity index (χ0) is 12.5. The van der Waals surface area contributed by atoms with E-state index in [1.54, 1.807) is 0 Å². The summed E-state index contributed by atoms with van der Waals surface area (Å²) in [5, 5.41) is 0. The first-order valence-electron chi connectivity index (χ1n) is 6.42. The summed E-state index contributed by atoms with van der Waals surface area (Å²) in [4.78, 5) is 1.30. The van der Waals surface area contributed by atoms with Gasteiger partial charge in [0.25, 0.3) is 0 Å². The van der Waals surface area contributed by atoms with E-state index in [1.165, 1.54) is 49.2 Å². The zero-order valence-corrected chi connectivity index (χ0v) is 12.9. The molecule has 0 fully saturated rings. The minimum atomic E-state index is 0.820. The van der Waals surface area contributed by atoms with Gasteiger partial charge in [-0.25, -0.2) is 0 Å². The highest BCUT2D eigenvalue weighted by atomic mass is 79.9. The molecule has 0 radical (unpaired) electrons. The molecule has 0 spiro atoms. The molecule has 2 N–H and O–H groups in total. The fourth-order valence-corrected chi connectivity index (χ4v) is 3.37. The molecule has 1 aromatic rings. The molecule has 0 aliphatic heterocycles. The Morgan fingerprint density at radius 3 is 2.53 bits per heavy atom. The highest BCUT2D eigenvalue weighted by Gasteiger charge is 2.00. The van der Waals surface area contributed by atoms with Crippen LogP contribution >= 0.6 is 27.7 Å². The predicted octanol–water partition coefficient (Wildman–Crippen LogP) is 5.48. The lowest BCUT2D eigenvalue weighted by Gasteiger charge is -2.05. The van der Waals surface area contributed by atoms with Gasteiger partial charge in [-0.3, -0.25) is 0 Å². The molecule has 3 heteroatoms. The average Bonchev–Trinajstić information content (AvgIpc) is 2.30. The van der Waals surface area contributed by atoms with Gasteiger partial charge in [-0.2, -0.15) is 0 Å². The normalized spacial score (nSPS) is 10.7. The fourth-order valence-electron chi connectivity index (χ4n) is 1.70. The molecule has 0 saturated carbocycles. The Bertz CT molecular complexity index is 328. The number of nitrogens with two attached hydrogens (primary N) is 1. The molecule has 0 atom stereocenters. The highest BCUT2D eigenvalue weighted by Crippen LogP contribution is 2.29. The van der Waals surface area contributed by atoms with Crippen LogP contribution in [0.25, 0.3) is 0 Å². The molecule has 1 aromatic carbocycles. The van der Waals surface area contributed by atoms with Crippen molar-refractivity contribution in [2.45, 2.75) is 50.3 Å². The van der Waals surface area contributed by atoms with Gasteiger partial charge in [0.05, 0.1) is 0 Å². The second-order valence-electron chi connectivity index (χ2n) is 4.31. The molecule has 0 amide bonds. The number of nitrogen functional groups attached to an aromatic ring is 1. The maximum atomic E-state index is 5.71. The number of unbranched alkanes of at least 4 members (excludes halogenated alkanes) is 5. The smallest absolute Gasteiger partial charge is 0.0331 e. The molecule has 17 heavy (non-hydrogen) atoms. The van der Waals surface area contributed by atoms with Gasteiger partial charge in [0.15, 0.2) is 0 Å². The van der Waals surface area contributed by atoms with E-state index < -0.39 is 0 Å². The van der Waals surface area contributed by atoms with Crippen molar-refractivity contribution in [3.05, 3.63) is 22.7 Å². The second-order valence-corrected chi connectivity index (χ2v) is 6.30.